The van der Waals surface area contributed by atoms with E-state index < -0.39 is 11.9 Å². The molecular weight excluding hydrogens is 254 g/mol. The van der Waals surface area contributed by atoms with Crippen molar-refractivity contribution >= 4 is 33.7 Å². The Morgan fingerprint density at radius 1 is 1.64 bits per heavy atom. The summed E-state index contributed by atoms with van der Waals surface area (Å²) in [6, 6.07) is 0.904. The van der Waals surface area contributed by atoms with E-state index in [4.69, 9.17) is 4.52 Å². The maximum absolute atomic E-state index is 11.0. The number of anilines is 1. The van der Waals surface area contributed by atoms with Gasteiger partial charge in [-0.2, -0.15) is 0 Å². The Labute approximate surface area is 88.1 Å². The summed E-state index contributed by atoms with van der Waals surface area (Å²) in [5, 5.41) is 7.99. The SMILES string of the molecule is Cc1cc(NC(=O)NC(=O)CBr)no1. The van der Waals surface area contributed by atoms with Crippen molar-refractivity contribution in [3.05, 3.63) is 11.8 Å². The predicted octanol–water partition coefficient (Wildman–Crippen LogP) is 1.03. The number of halogens is 1. The van der Waals surface area contributed by atoms with Gasteiger partial charge >= 0.3 is 6.03 Å². The number of alkyl halides is 1. The summed E-state index contributed by atoms with van der Waals surface area (Å²) < 4.78 is 4.71. The number of nitrogens with one attached hydrogen (secondary N) is 2. The average molecular weight is 262 g/mol. The summed E-state index contributed by atoms with van der Waals surface area (Å²) in [5.74, 6) is 0.414. The Balaban J connectivity index is 2.45. The highest BCUT2D eigenvalue weighted by Gasteiger charge is 2.08. The van der Waals surface area contributed by atoms with Crippen LogP contribution in [0.4, 0.5) is 10.6 Å². The summed E-state index contributed by atoms with van der Waals surface area (Å²) in [6.45, 7) is 1.69. The number of nitrogens with zero attached hydrogens (tertiary/aromatic N) is 1. The van der Waals surface area contributed by atoms with E-state index >= 15 is 0 Å². The fourth-order valence-corrected chi connectivity index (χ4v) is 0.873. The fraction of sp³-hybridized carbons (Fsp3) is 0.286. The molecule has 0 radical (unpaired) electrons. The smallest absolute Gasteiger partial charge is 0.327 e. The highest BCUT2D eigenvalue weighted by Crippen LogP contribution is 2.06. The summed E-state index contributed by atoms with van der Waals surface area (Å²) in [4.78, 5) is 21.8. The molecule has 7 heteroatoms. The zero-order valence-corrected chi connectivity index (χ0v) is 8.92. The molecular formula is C7H8BrN3O3. The van der Waals surface area contributed by atoms with Gasteiger partial charge in [-0.1, -0.05) is 21.1 Å². The van der Waals surface area contributed by atoms with Crippen molar-refractivity contribution in [1.29, 1.82) is 0 Å². The molecule has 0 atom stereocenters. The van der Waals surface area contributed by atoms with Crippen LogP contribution in [0.15, 0.2) is 10.6 Å². The molecule has 3 amide bonds. The molecule has 2 N–H and O–H groups in total. The van der Waals surface area contributed by atoms with Crippen LogP contribution in [-0.4, -0.2) is 22.4 Å². The molecule has 6 nitrogen and oxygen atoms in total. The lowest BCUT2D eigenvalue weighted by molar-refractivity contribution is -0.117. The van der Waals surface area contributed by atoms with Crippen molar-refractivity contribution in [2.45, 2.75) is 6.92 Å². The number of aryl methyl sites for hydroxylation is 1. The highest BCUT2D eigenvalue weighted by atomic mass is 79.9. The van der Waals surface area contributed by atoms with E-state index in [-0.39, 0.29) is 11.1 Å². The van der Waals surface area contributed by atoms with E-state index in [0.717, 1.165) is 0 Å². The molecule has 0 spiro atoms. The number of amides is 3. The number of urea groups is 1. The van der Waals surface area contributed by atoms with E-state index in [1.54, 1.807) is 6.92 Å². The van der Waals surface area contributed by atoms with E-state index in [9.17, 15) is 9.59 Å². The van der Waals surface area contributed by atoms with Crippen molar-refractivity contribution in [2.75, 3.05) is 10.6 Å². The number of carbonyl (C=O) groups is 2. The van der Waals surface area contributed by atoms with Crippen LogP contribution in [0.2, 0.25) is 0 Å². The molecule has 0 aromatic carbocycles. The highest BCUT2D eigenvalue weighted by molar-refractivity contribution is 9.09. The summed E-state index contributed by atoms with van der Waals surface area (Å²) in [5.41, 5.74) is 0. The van der Waals surface area contributed by atoms with Crippen LogP contribution in [0.25, 0.3) is 0 Å². The second-order valence-corrected chi connectivity index (χ2v) is 3.02. The third-order valence-electron chi connectivity index (χ3n) is 1.24. The number of rotatable bonds is 2. The lowest BCUT2D eigenvalue weighted by Gasteiger charge is -2.00. The monoisotopic (exact) mass is 261 g/mol. The summed E-state index contributed by atoms with van der Waals surface area (Å²) in [7, 11) is 0. The first kappa shape index (κ1) is 10.7. The van der Waals surface area contributed by atoms with Gasteiger partial charge in [-0.25, -0.2) is 4.79 Å². The Kier molecular flexibility index (Phi) is 3.63. The topological polar surface area (TPSA) is 84.2 Å². The van der Waals surface area contributed by atoms with Crippen LogP contribution in [-0.2, 0) is 4.79 Å². The quantitative estimate of drug-likeness (QED) is 0.779. The molecule has 0 saturated carbocycles. The molecule has 1 aromatic heterocycles. The molecule has 76 valence electrons. The second kappa shape index (κ2) is 4.75. The largest absolute Gasteiger partial charge is 0.360 e. The van der Waals surface area contributed by atoms with Crippen LogP contribution < -0.4 is 10.6 Å². The molecule has 0 aliphatic carbocycles. The van der Waals surface area contributed by atoms with Crippen LogP contribution in [0, 0.1) is 6.92 Å². The van der Waals surface area contributed by atoms with E-state index in [0.29, 0.717) is 5.76 Å². The van der Waals surface area contributed by atoms with Gasteiger partial charge in [0.1, 0.15) is 5.76 Å². The maximum atomic E-state index is 11.0. The van der Waals surface area contributed by atoms with Gasteiger partial charge in [0.15, 0.2) is 5.82 Å². The van der Waals surface area contributed by atoms with Crippen molar-refractivity contribution in [1.82, 2.24) is 10.5 Å². The number of aromatic nitrogens is 1. The minimum absolute atomic E-state index is 0.0677. The first-order valence-electron chi connectivity index (χ1n) is 3.72. The van der Waals surface area contributed by atoms with Crippen LogP contribution in [0.5, 0.6) is 0 Å². The van der Waals surface area contributed by atoms with Gasteiger partial charge in [0.25, 0.3) is 0 Å². The van der Waals surface area contributed by atoms with E-state index in [1.165, 1.54) is 6.07 Å². The third kappa shape index (κ3) is 3.17. The van der Waals surface area contributed by atoms with Gasteiger partial charge < -0.3 is 4.52 Å². The van der Waals surface area contributed by atoms with Crippen molar-refractivity contribution in [3.63, 3.8) is 0 Å². The van der Waals surface area contributed by atoms with Crippen LogP contribution >= 0.6 is 15.9 Å². The van der Waals surface area contributed by atoms with Gasteiger partial charge in [-0.15, -0.1) is 0 Å². The molecule has 14 heavy (non-hydrogen) atoms. The predicted molar refractivity (Wildman–Crippen MR) is 52.2 cm³/mol. The zero-order valence-electron chi connectivity index (χ0n) is 7.33. The number of imide groups is 1. The number of carbonyl (C=O) groups excluding carboxylic acids is 2. The lowest BCUT2D eigenvalue weighted by atomic mass is 10.5. The number of hydrogen-bond acceptors (Lipinski definition) is 4. The minimum atomic E-state index is -0.636. The average Bonchev–Trinajstić information content (AvgIpc) is 2.50. The second-order valence-electron chi connectivity index (χ2n) is 2.46. The molecule has 1 aromatic rings. The zero-order chi connectivity index (χ0) is 10.6. The molecule has 1 rings (SSSR count). The van der Waals surface area contributed by atoms with Gasteiger partial charge in [-0.3, -0.25) is 15.4 Å². The Hall–Kier alpha value is -1.37. The summed E-state index contributed by atoms with van der Waals surface area (Å²) >= 11 is 2.91. The van der Waals surface area contributed by atoms with Crippen molar-refractivity contribution < 1.29 is 14.1 Å². The molecule has 0 saturated heterocycles. The minimum Gasteiger partial charge on any atom is -0.360 e. The first-order valence-corrected chi connectivity index (χ1v) is 4.84. The molecule has 0 aliphatic heterocycles. The Morgan fingerprint density at radius 2 is 2.36 bits per heavy atom. The fourth-order valence-electron chi connectivity index (χ4n) is 0.733. The van der Waals surface area contributed by atoms with Gasteiger partial charge in [0.2, 0.25) is 5.91 Å². The molecule has 0 aliphatic rings. The van der Waals surface area contributed by atoms with Gasteiger partial charge in [-0.05, 0) is 6.92 Å². The maximum Gasteiger partial charge on any atom is 0.327 e. The number of hydrogen-bond donors (Lipinski definition) is 2. The molecule has 0 unspecified atom stereocenters. The van der Waals surface area contributed by atoms with E-state index in [1.807, 2.05) is 0 Å². The first-order chi connectivity index (χ1) is 6.61. The standard InChI is InChI=1S/C7H8BrN3O3/c1-4-2-5(11-14-4)9-7(13)10-6(12)3-8/h2H,3H2,1H3,(H2,9,10,11,12,13). The Bertz CT molecular complexity index is 350. The van der Waals surface area contributed by atoms with Crippen LogP contribution in [0.3, 0.4) is 0 Å². The molecule has 1 heterocycles. The Morgan fingerprint density at radius 3 is 2.86 bits per heavy atom. The molecule has 0 fully saturated rings. The van der Waals surface area contributed by atoms with Crippen LogP contribution in [0.1, 0.15) is 5.76 Å². The molecule has 0 bridgehead atoms. The lowest BCUT2D eigenvalue weighted by Crippen LogP contribution is -2.35. The van der Waals surface area contributed by atoms with Gasteiger partial charge in [0, 0.05) is 6.07 Å². The van der Waals surface area contributed by atoms with Crippen molar-refractivity contribution in [3.8, 4) is 0 Å². The van der Waals surface area contributed by atoms with E-state index in [2.05, 4.69) is 31.7 Å². The third-order valence-corrected chi connectivity index (χ3v) is 1.75. The normalized spacial score (nSPS) is 9.57. The van der Waals surface area contributed by atoms with Crippen molar-refractivity contribution in [2.24, 2.45) is 0 Å². The van der Waals surface area contributed by atoms with Gasteiger partial charge in [0.05, 0.1) is 5.33 Å². The summed E-state index contributed by atoms with van der Waals surface area (Å²) in [6.07, 6.45) is 0.